The monoisotopic (exact) mass is 321 g/mol. The fourth-order valence-corrected chi connectivity index (χ4v) is 2.88. The fraction of sp³-hybridized carbons (Fsp3) is 0.429. The van der Waals surface area contributed by atoms with Crippen LogP contribution >= 0.6 is 15.9 Å². The highest BCUT2D eigenvalue weighted by Crippen LogP contribution is 2.28. The van der Waals surface area contributed by atoms with Crippen LogP contribution in [0, 0.1) is 0 Å². The second-order valence-electron chi connectivity index (χ2n) is 4.69. The summed E-state index contributed by atoms with van der Waals surface area (Å²) in [4.78, 5) is 11.2. The van der Waals surface area contributed by atoms with Crippen LogP contribution in [0.25, 0.3) is 10.9 Å². The van der Waals surface area contributed by atoms with E-state index in [4.69, 9.17) is 4.74 Å². The summed E-state index contributed by atoms with van der Waals surface area (Å²) >= 11 is 3.52. The quantitative estimate of drug-likeness (QED) is 0.852. The Morgan fingerprint density at radius 3 is 3.16 bits per heavy atom. The van der Waals surface area contributed by atoms with Gasteiger partial charge in [-0.2, -0.15) is 0 Å². The van der Waals surface area contributed by atoms with E-state index in [-0.39, 0.29) is 0 Å². The van der Waals surface area contributed by atoms with Crippen molar-refractivity contribution in [3.8, 4) is 0 Å². The standard InChI is InChI=1S/C14H16BrN3O/c1-2-11-8-19-6-5-18(11)14-12-7-10(15)3-4-13(12)16-9-17-14/h3-4,7,9,11H,2,5-6,8H2,1H3. The Balaban J connectivity index is 2.10. The summed E-state index contributed by atoms with van der Waals surface area (Å²) in [6.45, 7) is 4.61. The van der Waals surface area contributed by atoms with Gasteiger partial charge in [-0.1, -0.05) is 22.9 Å². The van der Waals surface area contributed by atoms with Gasteiger partial charge in [0.15, 0.2) is 0 Å². The molecule has 1 aliphatic heterocycles. The minimum atomic E-state index is 0.394. The Labute approximate surface area is 120 Å². The van der Waals surface area contributed by atoms with Gasteiger partial charge in [-0.25, -0.2) is 9.97 Å². The molecule has 1 aliphatic rings. The smallest absolute Gasteiger partial charge is 0.140 e. The van der Waals surface area contributed by atoms with Gasteiger partial charge >= 0.3 is 0 Å². The first-order valence-corrected chi connectivity index (χ1v) is 7.33. The molecule has 100 valence electrons. The topological polar surface area (TPSA) is 38.2 Å². The van der Waals surface area contributed by atoms with Gasteiger partial charge in [-0.15, -0.1) is 0 Å². The summed E-state index contributed by atoms with van der Waals surface area (Å²) < 4.78 is 6.62. The molecule has 19 heavy (non-hydrogen) atoms. The lowest BCUT2D eigenvalue weighted by Crippen LogP contribution is -2.45. The van der Waals surface area contributed by atoms with E-state index in [2.05, 4.69) is 43.8 Å². The molecule has 3 rings (SSSR count). The molecule has 1 fully saturated rings. The highest BCUT2D eigenvalue weighted by atomic mass is 79.9. The molecule has 0 radical (unpaired) electrons. The molecule has 2 heterocycles. The molecular weight excluding hydrogens is 306 g/mol. The van der Waals surface area contributed by atoms with Crippen molar-refractivity contribution in [3.05, 3.63) is 29.0 Å². The van der Waals surface area contributed by atoms with Crippen molar-refractivity contribution in [2.75, 3.05) is 24.7 Å². The Morgan fingerprint density at radius 1 is 1.42 bits per heavy atom. The second-order valence-corrected chi connectivity index (χ2v) is 5.60. The highest BCUT2D eigenvalue weighted by molar-refractivity contribution is 9.10. The van der Waals surface area contributed by atoms with Crippen molar-refractivity contribution >= 4 is 32.7 Å². The van der Waals surface area contributed by atoms with Crippen LogP contribution in [0.5, 0.6) is 0 Å². The number of halogens is 1. The van der Waals surface area contributed by atoms with Crippen LogP contribution in [0.3, 0.4) is 0 Å². The zero-order valence-corrected chi connectivity index (χ0v) is 12.4. The maximum atomic E-state index is 5.57. The first kappa shape index (κ1) is 12.8. The molecule has 1 aromatic heterocycles. The predicted octanol–water partition coefficient (Wildman–Crippen LogP) is 3.01. The highest BCUT2D eigenvalue weighted by Gasteiger charge is 2.24. The summed E-state index contributed by atoms with van der Waals surface area (Å²) in [5.41, 5.74) is 0.981. The van der Waals surface area contributed by atoms with Crippen molar-refractivity contribution in [2.24, 2.45) is 0 Å². The maximum Gasteiger partial charge on any atom is 0.140 e. The third kappa shape index (κ3) is 2.44. The summed E-state index contributed by atoms with van der Waals surface area (Å²) in [6, 6.07) is 6.51. The molecule has 0 amide bonds. The number of nitrogens with zero attached hydrogens (tertiary/aromatic N) is 3. The van der Waals surface area contributed by atoms with E-state index in [1.54, 1.807) is 6.33 Å². The van der Waals surface area contributed by atoms with Crippen LogP contribution < -0.4 is 4.90 Å². The molecule has 1 saturated heterocycles. The Kier molecular flexibility index (Phi) is 3.66. The SMILES string of the molecule is CCC1COCCN1c1ncnc2ccc(Br)cc12. The van der Waals surface area contributed by atoms with Crippen LogP contribution in [0.4, 0.5) is 5.82 Å². The lowest BCUT2D eigenvalue weighted by Gasteiger charge is -2.36. The minimum Gasteiger partial charge on any atom is -0.377 e. The van der Waals surface area contributed by atoms with E-state index < -0.39 is 0 Å². The van der Waals surface area contributed by atoms with Crippen LogP contribution in [-0.2, 0) is 4.74 Å². The average Bonchev–Trinajstić information content (AvgIpc) is 2.46. The number of fused-ring (bicyclic) bond motifs is 1. The molecular formula is C14H16BrN3O. The molecule has 4 nitrogen and oxygen atoms in total. The van der Waals surface area contributed by atoms with Crippen molar-refractivity contribution in [1.82, 2.24) is 9.97 Å². The number of aromatic nitrogens is 2. The van der Waals surface area contributed by atoms with Gasteiger partial charge in [0.25, 0.3) is 0 Å². The van der Waals surface area contributed by atoms with E-state index in [1.807, 2.05) is 12.1 Å². The average molecular weight is 322 g/mol. The second kappa shape index (κ2) is 5.43. The predicted molar refractivity (Wildman–Crippen MR) is 79.5 cm³/mol. The van der Waals surface area contributed by atoms with Gasteiger partial charge in [0.1, 0.15) is 12.1 Å². The molecule has 1 atom stereocenters. The molecule has 0 spiro atoms. The molecule has 0 N–H and O–H groups in total. The van der Waals surface area contributed by atoms with Gasteiger partial charge in [-0.05, 0) is 24.6 Å². The Morgan fingerprint density at radius 2 is 2.32 bits per heavy atom. The summed E-state index contributed by atoms with van der Waals surface area (Å²) in [5, 5.41) is 1.09. The van der Waals surface area contributed by atoms with Crippen LogP contribution in [0.15, 0.2) is 29.0 Å². The number of hydrogen-bond donors (Lipinski definition) is 0. The lowest BCUT2D eigenvalue weighted by atomic mass is 10.1. The van der Waals surface area contributed by atoms with Gasteiger partial charge in [0.2, 0.25) is 0 Å². The minimum absolute atomic E-state index is 0.394. The van der Waals surface area contributed by atoms with Crippen LogP contribution in [0.1, 0.15) is 13.3 Å². The molecule has 0 saturated carbocycles. The molecule has 2 aromatic rings. The molecule has 5 heteroatoms. The van der Waals surface area contributed by atoms with Crippen LogP contribution in [0.2, 0.25) is 0 Å². The largest absolute Gasteiger partial charge is 0.377 e. The third-order valence-corrected chi connectivity index (χ3v) is 4.04. The van der Waals surface area contributed by atoms with Crippen molar-refractivity contribution in [3.63, 3.8) is 0 Å². The number of hydrogen-bond acceptors (Lipinski definition) is 4. The summed E-state index contributed by atoms with van der Waals surface area (Å²) in [6.07, 6.45) is 2.70. The van der Waals surface area contributed by atoms with E-state index in [0.717, 1.165) is 47.4 Å². The van der Waals surface area contributed by atoms with Gasteiger partial charge in [0.05, 0.1) is 24.8 Å². The van der Waals surface area contributed by atoms with Crippen molar-refractivity contribution in [2.45, 2.75) is 19.4 Å². The van der Waals surface area contributed by atoms with Gasteiger partial charge in [0, 0.05) is 16.4 Å². The Bertz CT molecular complexity index is 590. The number of ether oxygens (including phenoxy) is 1. The zero-order valence-electron chi connectivity index (χ0n) is 10.8. The first-order valence-electron chi connectivity index (χ1n) is 6.54. The van der Waals surface area contributed by atoms with Crippen molar-refractivity contribution in [1.29, 1.82) is 0 Å². The van der Waals surface area contributed by atoms with E-state index >= 15 is 0 Å². The molecule has 0 aliphatic carbocycles. The first-order chi connectivity index (χ1) is 9.29. The van der Waals surface area contributed by atoms with E-state index in [1.165, 1.54) is 0 Å². The number of rotatable bonds is 2. The van der Waals surface area contributed by atoms with Gasteiger partial charge < -0.3 is 9.64 Å². The maximum absolute atomic E-state index is 5.57. The van der Waals surface area contributed by atoms with Crippen LogP contribution in [-0.4, -0.2) is 35.8 Å². The Hall–Kier alpha value is -1.20. The molecule has 1 aromatic carbocycles. The molecule has 1 unspecified atom stereocenters. The van der Waals surface area contributed by atoms with E-state index in [9.17, 15) is 0 Å². The third-order valence-electron chi connectivity index (χ3n) is 3.55. The van der Waals surface area contributed by atoms with Gasteiger partial charge in [-0.3, -0.25) is 0 Å². The molecule has 0 bridgehead atoms. The zero-order chi connectivity index (χ0) is 13.2. The van der Waals surface area contributed by atoms with E-state index in [0.29, 0.717) is 6.04 Å². The number of anilines is 1. The summed E-state index contributed by atoms with van der Waals surface area (Å²) in [5.74, 6) is 1.02. The summed E-state index contributed by atoms with van der Waals surface area (Å²) in [7, 11) is 0. The van der Waals surface area contributed by atoms with Crippen molar-refractivity contribution < 1.29 is 4.74 Å². The number of morpholine rings is 1. The lowest BCUT2D eigenvalue weighted by molar-refractivity contribution is 0.0927. The number of benzene rings is 1. The fourth-order valence-electron chi connectivity index (χ4n) is 2.52. The normalized spacial score (nSPS) is 19.9.